The number of aliphatic hydroxyl groups is 1. The van der Waals surface area contributed by atoms with Gasteiger partial charge in [-0.25, -0.2) is 0 Å². The zero-order chi connectivity index (χ0) is 45.2. The van der Waals surface area contributed by atoms with Crippen LogP contribution in [0.5, 0.6) is 0 Å². The van der Waals surface area contributed by atoms with E-state index in [9.17, 15) is 24.2 Å². The van der Waals surface area contributed by atoms with Crippen molar-refractivity contribution in [2.24, 2.45) is 11.8 Å². The molecule has 1 fully saturated rings. The molecule has 1 aliphatic rings. The van der Waals surface area contributed by atoms with Crippen LogP contribution in [0.15, 0.2) is 0 Å². The fourth-order valence-electron chi connectivity index (χ4n) is 7.47. The van der Waals surface area contributed by atoms with E-state index in [2.05, 4.69) is 13.8 Å². The quantitative estimate of drug-likeness (QED) is 0.0341. The lowest BCUT2D eigenvalue weighted by atomic mass is 10.0. The normalized spacial score (nSPS) is 18.6. The molecule has 0 spiro atoms. The van der Waals surface area contributed by atoms with E-state index in [0.717, 1.165) is 43.4 Å². The van der Waals surface area contributed by atoms with E-state index in [1.165, 1.54) is 103 Å². The van der Waals surface area contributed by atoms with Crippen molar-refractivity contribution in [3.05, 3.63) is 0 Å². The average molecular weight is 894 g/mol. The Kier molecular flexibility index (Phi) is 34.3. The van der Waals surface area contributed by atoms with Crippen molar-refractivity contribution in [2.45, 2.75) is 220 Å². The minimum absolute atomic E-state index is 0.0996. The molecule has 0 aliphatic carbocycles. The fraction of sp³-hybridized carbons (Fsp3) is 0.957. The van der Waals surface area contributed by atoms with Gasteiger partial charge in [0.05, 0.1) is 45.3 Å². The van der Waals surface area contributed by atoms with Gasteiger partial charge in [0.15, 0.2) is 11.9 Å². The largest absolute Gasteiger partial charge is 0.756 e. The van der Waals surface area contributed by atoms with Gasteiger partial charge < -0.3 is 47.6 Å². The van der Waals surface area contributed by atoms with E-state index in [1.54, 1.807) is 14.0 Å². The third kappa shape index (κ3) is 33.1. The van der Waals surface area contributed by atoms with Crippen LogP contribution in [0.2, 0.25) is 0 Å². The number of phosphoric acid groups is 1. The summed E-state index contributed by atoms with van der Waals surface area (Å²) >= 11 is 0. The summed E-state index contributed by atoms with van der Waals surface area (Å²) in [6.07, 6.45) is 26.1. The molecule has 362 valence electrons. The van der Waals surface area contributed by atoms with Gasteiger partial charge in [0, 0.05) is 0 Å². The monoisotopic (exact) mass is 894 g/mol. The number of nitrogens with one attached hydrogen (secondary N) is 1. The highest BCUT2D eigenvalue weighted by Crippen LogP contribution is 2.38. The number of unbranched alkanes of at least 4 members (excludes halogenated alkanes) is 20. The number of aliphatic hydroxyl groups excluding tert-OH is 1. The Morgan fingerprint density at radius 3 is 1.69 bits per heavy atom. The second-order valence-corrected chi connectivity index (χ2v) is 19.7. The van der Waals surface area contributed by atoms with Gasteiger partial charge in [-0.15, -0.1) is 0 Å². The van der Waals surface area contributed by atoms with Crippen LogP contribution in [0.25, 0.3) is 0 Å². The molecule has 0 amide bonds. The molecule has 7 unspecified atom stereocenters. The molecular weight excluding hydrogens is 801 g/mol. The Morgan fingerprint density at radius 2 is 1.21 bits per heavy atom. The zero-order valence-corrected chi connectivity index (χ0v) is 40.8. The molecular formula is C47H92NO12P. The number of hydrogen-bond acceptors (Lipinski definition) is 12. The second-order valence-electron chi connectivity index (χ2n) is 18.3. The molecule has 0 aromatic rings. The van der Waals surface area contributed by atoms with Crippen molar-refractivity contribution in [1.29, 1.82) is 0 Å². The Labute approximate surface area is 372 Å². The molecule has 1 saturated heterocycles. The SMILES string of the molecule is CCCCCCCCCCCCCC(C)C(=O)OCC(COP(=O)([O-])OCC[NH+](C)CC(O)COCC1COC(C)(C)O1)OC(=O)C(C)CCCCCCCCCCCCC. The Morgan fingerprint density at radius 1 is 0.738 bits per heavy atom. The lowest BCUT2D eigenvalue weighted by Gasteiger charge is -2.27. The van der Waals surface area contributed by atoms with Crippen LogP contribution in [-0.2, 0) is 46.9 Å². The summed E-state index contributed by atoms with van der Waals surface area (Å²) in [5, 5.41) is 10.4. The standard InChI is InChI=1S/C47H92NO12P/c1-8-10-12-14-16-18-20-22-24-26-28-30-40(3)45(50)55-37-43(59-46(51)41(4)31-29-27-25-23-21-19-17-15-13-11-9-2)39-58-61(52,53)57-33-32-48(7)34-42(49)35-54-36-44-38-56-47(5,6)60-44/h40-44,49H,8-39H2,1-7H3,(H,52,53). The topological polar surface area (TPSA) is 164 Å². The first-order valence-corrected chi connectivity index (χ1v) is 26.0. The van der Waals surface area contributed by atoms with Crippen LogP contribution in [0, 0.1) is 11.8 Å². The molecule has 0 bridgehead atoms. The van der Waals surface area contributed by atoms with Crippen molar-refractivity contribution in [1.82, 2.24) is 0 Å². The molecule has 0 aromatic heterocycles. The van der Waals surface area contributed by atoms with Gasteiger partial charge in [-0.3, -0.25) is 14.2 Å². The number of esters is 2. The van der Waals surface area contributed by atoms with Gasteiger partial charge in [0.2, 0.25) is 0 Å². The van der Waals surface area contributed by atoms with E-state index in [-0.39, 0.29) is 38.4 Å². The molecule has 13 nitrogen and oxygen atoms in total. The summed E-state index contributed by atoms with van der Waals surface area (Å²) in [4.78, 5) is 39.7. The van der Waals surface area contributed by atoms with Gasteiger partial charge in [0.1, 0.15) is 38.5 Å². The molecule has 0 saturated carbocycles. The van der Waals surface area contributed by atoms with Crippen LogP contribution >= 0.6 is 7.82 Å². The predicted molar refractivity (Wildman–Crippen MR) is 239 cm³/mol. The van der Waals surface area contributed by atoms with Gasteiger partial charge in [0.25, 0.3) is 7.82 Å². The lowest BCUT2D eigenvalue weighted by Crippen LogP contribution is -3.10. The molecule has 1 rings (SSSR count). The van der Waals surface area contributed by atoms with E-state index < -0.39 is 50.3 Å². The highest BCUT2D eigenvalue weighted by molar-refractivity contribution is 7.45. The first-order valence-electron chi connectivity index (χ1n) is 24.5. The molecule has 14 heteroatoms. The van der Waals surface area contributed by atoms with E-state index in [4.69, 9.17) is 32.7 Å². The highest BCUT2D eigenvalue weighted by Gasteiger charge is 2.33. The molecule has 7 atom stereocenters. The van der Waals surface area contributed by atoms with Gasteiger partial charge >= 0.3 is 11.9 Å². The fourth-order valence-corrected chi connectivity index (χ4v) is 8.20. The number of phosphoric ester groups is 1. The number of ether oxygens (including phenoxy) is 5. The molecule has 0 radical (unpaired) electrons. The maximum Gasteiger partial charge on any atom is 0.309 e. The first-order chi connectivity index (χ1) is 29.2. The van der Waals surface area contributed by atoms with Crippen molar-refractivity contribution < 1.29 is 61.8 Å². The summed E-state index contributed by atoms with van der Waals surface area (Å²) < 4.78 is 51.1. The maximum atomic E-state index is 13.2. The Balaban J connectivity index is 2.53. The third-order valence-electron chi connectivity index (χ3n) is 11.4. The van der Waals surface area contributed by atoms with Crippen LogP contribution in [0.3, 0.4) is 0 Å². The van der Waals surface area contributed by atoms with Crippen molar-refractivity contribution in [3.63, 3.8) is 0 Å². The maximum absolute atomic E-state index is 13.2. The number of rotatable bonds is 42. The van der Waals surface area contributed by atoms with Crippen LogP contribution in [0.1, 0.15) is 196 Å². The smallest absolute Gasteiger partial charge is 0.309 e. The van der Waals surface area contributed by atoms with Crippen molar-refractivity contribution in [2.75, 3.05) is 59.8 Å². The van der Waals surface area contributed by atoms with Crippen molar-refractivity contribution in [3.8, 4) is 0 Å². The summed E-state index contributed by atoms with van der Waals surface area (Å²) in [6.45, 7) is 12.1. The van der Waals surface area contributed by atoms with E-state index in [0.29, 0.717) is 32.6 Å². The molecule has 1 aliphatic heterocycles. The van der Waals surface area contributed by atoms with E-state index in [1.807, 2.05) is 20.8 Å². The molecule has 0 aromatic carbocycles. The van der Waals surface area contributed by atoms with Crippen LogP contribution in [0.4, 0.5) is 0 Å². The molecule has 61 heavy (non-hydrogen) atoms. The molecule has 2 N–H and O–H groups in total. The second kappa shape index (κ2) is 36.1. The highest BCUT2D eigenvalue weighted by atomic mass is 31.2. The minimum Gasteiger partial charge on any atom is -0.756 e. The van der Waals surface area contributed by atoms with Gasteiger partial charge in [-0.2, -0.15) is 0 Å². The van der Waals surface area contributed by atoms with Crippen LogP contribution < -0.4 is 9.79 Å². The average Bonchev–Trinajstić information content (AvgIpc) is 3.57. The number of carbonyl (C=O) groups is 2. The Hall–Kier alpha value is -1.15. The Bertz CT molecular complexity index is 1130. The van der Waals surface area contributed by atoms with E-state index >= 15 is 0 Å². The lowest BCUT2D eigenvalue weighted by molar-refractivity contribution is -0.883. The predicted octanol–water partition coefficient (Wildman–Crippen LogP) is 8.66. The minimum atomic E-state index is -4.80. The summed E-state index contributed by atoms with van der Waals surface area (Å²) in [5.41, 5.74) is 0. The number of quaternary nitrogens is 1. The number of likely N-dealkylation sites (N-methyl/N-ethyl adjacent to an activating group) is 1. The molecule has 1 heterocycles. The number of hydrogen-bond donors (Lipinski definition) is 2. The first kappa shape index (κ1) is 57.9. The third-order valence-corrected chi connectivity index (χ3v) is 12.4. The summed E-state index contributed by atoms with van der Waals surface area (Å²) in [6, 6.07) is 0. The summed E-state index contributed by atoms with van der Waals surface area (Å²) in [5.74, 6) is -2.27. The van der Waals surface area contributed by atoms with Crippen LogP contribution in [-0.4, -0.2) is 101 Å². The van der Waals surface area contributed by atoms with Crippen molar-refractivity contribution >= 4 is 19.8 Å². The van der Waals surface area contributed by atoms with Gasteiger partial charge in [-0.1, -0.05) is 169 Å². The summed E-state index contributed by atoms with van der Waals surface area (Å²) in [7, 11) is -2.99. The van der Waals surface area contributed by atoms with Gasteiger partial charge in [-0.05, 0) is 26.7 Å². The zero-order valence-electron chi connectivity index (χ0n) is 39.9. The number of carbonyl (C=O) groups excluding carboxylic acids is 2.